The fraction of sp³-hybridized carbons (Fsp3) is 0.120. The molecule has 0 spiro atoms. The molecule has 0 fully saturated rings. The van der Waals surface area contributed by atoms with Crippen molar-refractivity contribution in [3.63, 3.8) is 0 Å². The second kappa shape index (κ2) is 5.32. The highest BCUT2D eigenvalue weighted by Crippen LogP contribution is 2.50. The Morgan fingerprint density at radius 3 is 1.96 bits per heavy atom. The third-order valence-corrected chi connectivity index (χ3v) is 5.65. The van der Waals surface area contributed by atoms with Gasteiger partial charge in [0.2, 0.25) is 0 Å². The van der Waals surface area contributed by atoms with Gasteiger partial charge in [-0.2, -0.15) is 0 Å². The number of benzene rings is 4. The lowest BCUT2D eigenvalue weighted by atomic mass is 9.70. The Bertz CT molecular complexity index is 1020. The van der Waals surface area contributed by atoms with Crippen LogP contribution in [0, 0.1) is 6.92 Å². The van der Waals surface area contributed by atoms with Crippen molar-refractivity contribution in [2.45, 2.75) is 18.8 Å². The van der Waals surface area contributed by atoms with Crippen LogP contribution in [-0.4, -0.2) is 0 Å². The van der Waals surface area contributed by atoms with Crippen LogP contribution in [0.4, 0.5) is 0 Å². The molecule has 4 aromatic carbocycles. The molecule has 0 heteroatoms. The number of hydrogen-bond donors (Lipinski definition) is 0. The van der Waals surface area contributed by atoms with Crippen LogP contribution >= 0.6 is 0 Å². The Morgan fingerprint density at radius 2 is 1.32 bits per heavy atom. The van der Waals surface area contributed by atoms with Gasteiger partial charge in [0.1, 0.15) is 0 Å². The van der Waals surface area contributed by atoms with E-state index in [0.717, 1.165) is 6.42 Å². The van der Waals surface area contributed by atoms with Crippen LogP contribution in [0.5, 0.6) is 0 Å². The molecule has 0 nitrogen and oxygen atoms in total. The third kappa shape index (κ3) is 2.01. The van der Waals surface area contributed by atoms with E-state index in [4.69, 9.17) is 0 Å². The average Bonchev–Trinajstić information content (AvgIpc) is 3.00. The summed E-state index contributed by atoms with van der Waals surface area (Å²) in [5, 5.41) is 2.81. The molecule has 120 valence electrons. The van der Waals surface area contributed by atoms with Crippen LogP contribution in [0.1, 0.15) is 27.8 Å². The van der Waals surface area contributed by atoms with Gasteiger partial charge in [0.15, 0.2) is 0 Å². The molecular formula is C25H20. The maximum absolute atomic E-state index is 2.37. The van der Waals surface area contributed by atoms with E-state index < -0.39 is 0 Å². The molecule has 4 aromatic rings. The maximum atomic E-state index is 2.37. The first-order valence-electron chi connectivity index (χ1n) is 8.93. The van der Waals surface area contributed by atoms with Gasteiger partial charge in [-0.25, -0.2) is 0 Å². The zero-order valence-corrected chi connectivity index (χ0v) is 14.4. The summed E-state index contributed by atoms with van der Waals surface area (Å²) in [6.45, 7) is 2.20. The van der Waals surface area contributed by atoms with E-state index in [1.807, 2.05) is 0 Å². The van der Waals surface area contributed by atoms with Gasteiger partial charge < -0.3 is 0 Å². The lowest BCUT2D eigenvalue weighted by molar-refractivity contribution is 0.641. The summed E-state index contributed by atoms with van der Waals surface area (Å²) in [4.78, 5) is 0. The molecule has 5 rings (SSSR count). The molecule has 0 atom stereocenters. The van der Waals surface area contributed by atoms with Crippen LogP contribution in [0.3, 0.4) is 0 Å². The molecule has 0 saturated heterocycles. The molecule has 0 unspecified atom stereocenters. The highest BCUT2D eigenvalue weighted by atomic mass is 14.4. The van der Waals surface area contributed by atoms with Gasteiger partial charge in [-0.05, 0) is 46.4 Å². The quantitative estimate of drug-likeness (QED) is 0.422. The molecule has 25 heavy (non-hydrogen) atoms. The molecule has 0 saturated carbocycles. The molecule has 0 amide bonds. The average molecular weight is 320 g/mol. The minimum atomic E-state index is -0.0991. The first-order chi connectivity index (χ1) is 12.3. The number of aryl methyl sites for hydroxylation is 1. The van der Waals surface area contributed by atoms with E-state index >= 15 is 0 Å². The Labute approximate surface area is 148 Å². The molecular weight excluding hydrogens is 300 g/mol. The summed E-state index contributed by atoms with van der Waals surface area (Å²) in [6.07, 6.45) is 1.03. The van der Waals surface area contributed by atoms with Gasteiger partial charge in [-0.15, -0.1) is 0 Å². The Hall–Kier alpha value is -2.86. The standard InChI is InChI=1S/C25H20/c1-18-15-19-9-8-14-23-24(19)20(16-18)17-25(23,21-10-4-2-5-11-21)22-12-6-3-7-13-22/h2-16H,17H2,1H3. The molecule has 0 N–H and O–H groups in total. The summed E-state index contributed by atoms with van der Waals surface area (Å²) < 4.78 is 0. The molecule has 0 heterocycles. The molecule has 1 aliphatic carbocycles. The first kappa shape index (κ1) is 14.5. The van der Waals surface area contributed by atoms with Crippen LogP contribution < -0.4 is 0 Å². The van der Waals surface area contributed by atoms with Crippen molar-refractivity contribution in [1.29, 1.82) is 0 Å². The van der Waals surface area contributed by atoms with Crippen molar-refractivity contribution in [2.24, 2.45) is 0 Å². The predicted octanol–water partition coefficient (Wildman–Crippen LogP) is 6.04. The Kier molecular flexibility index (Phi) is 3.08. The summed E-state index contributed by atoms with van der Waals surface area (Å²) >= 11 is 0. The van der Waals surface area contributed by atoms with Crippen molar-refractivity contribution < 1.29 is 0 Å². The largest absolute Gasteiger partial charge is 0.0622 e. The van der Waals surface area contributed by atoms with Crippen LogP contribution in [0.25, 0.3) is 10.8 Å². The fourth-order valence-corrected chi connectivity index (χ4v) is 4.69. The summed E-state index contributed by atoms with van der Waals surface area (Å²) in [5.74, 6) is 0. The fourth-order valence-electron chi connectivity index (χ4n) is 4.69. The summed E-state index contributed by atoms with van der Waals surface area (Å²) in [6, 6.07) is 33.5. The Balaban J connectivity index is 1.90. The second-order valence-corrected chi connectivity index (χ2v) is 7.14. The van der Waals surface area contributed by atoms with E-state index in [1.165, 1.54) is 38.6 Å². The van der Waals surface area contributed by atoms with Crippen molar-refractivity contribution in [3.8, 4) is 0 Å². The van der Waals surface area contributed by atoms with Gasteiger partial charge in [0, 0.05) is 5.41 Å². The highest BCUT2D eigenvalue weighted by Gasteiger charge is 2.42. The molecule has 0 radical (unpaired) electrons. The van der Waals surface area contributed by atoms with Crippen LogP contribution in [0.15, 0.2) is 91.0 Å². The van der Waals surface area contributed by atoms with Crippen LogP contribution in [0.2, 0.25) is 0 Å². The lowest BCUT2D eigenvalue weighted by Crippen LogP contribution is -2.28. The van der Waals surface area contributed by atoms with Crippen LogP contribution in [-0.2, 0) is 11.8 Å². The van der Waals surface area contributed by atoms with Gasteiger partial charge in [0.25, 0.3) is 0 Å². The normalized spacial score (nSPS) is 14.8. The minimum Gasteiger partial charge on any atom is -0.0622 e. The first-order valence-corrected chi connectivity index (χ1v) is 8.93. The monoisotopic (exact) mass is 320 g/mol. The lowest BCUT2D eigenvalue weighted by Gasteiger charge is -2.32. The summed E-state index contributed by atoms with van der Waals surface area (Å²) in [5.41, 5.74) is 6.91. The van der Waals surface area contributed by atoms with E-state index in [-0.39, 0.29) is 5.41 Å². The van der Waals surface area contributed by atoms with Gasteiger partial charge >= 0.3 is 0 Å². The third-order valence-electron chi connectivity index (χ3n) is 5.65. The van der Waals surface area contributed by atoms with E-state index in [1.54, 1.807) is 0 Å². The topological polar surface area (TPSA) is 0 Å². The zero-order valence-electron chi connectivity index (χ0n) is 14.4. The Morgan fingerprint density at radius 1 is 0.680 bits per heavy atom. The zero-order chi connectivity index (χ0) is 16.9. The number of rotatable bonds is 2. The van der Waals surface area contributed by atoms with E-state index in [0.29, 0.717) is 0 Å². The molecule has 1 aliphatic rings. The van der Waals surface area contributed by atoms with E-state index in [9.17, 15) is 0 Å². The van der Waals surface area contributed by atoms with Crippen molar-refractivity contribution in [2.75, 3.05) is 0 Å². The summed E-state index contributed by atoms with van der Waals surface area (Å²) in [7, 11) is 0. The van der Waals surface area contributed by atoms with Crippen molar-refractivity contribution in [1.82, 2.24) is 0 Å². The predicted molar refractivity (Wildman–Crippen MR) is 105 cm³/mol. The SMILES string of the molecule is Cc1cc2c3c(cccc3c1)C(c1ccccc1)(c1ccccc1)C2. The highest BCUT2D eigenvalue weighted by molar-refractivity contribution is 5.94. The van der Waals surface area contributed by atoms with Gasteiger partial charge in [-0.3, -0.25) is 0 Å². The van der Waals surface area contributed by atoms with E-state index in [2.05, 4.69) is 97.9 Å². The van der Waals surface area contributed by atoms with Gasteiger partial charge in [0.05, 0.1) is 0 Å². The molecule has 0 aromatic heterocycles. The van der Waals surface area contributed by atoms with Crippen molar-refractivity contribution in [3.05, 3.63) is 119 Å². The smallest absolute Gasteiger partial charge is 0.0497 e. The molecule has 0 aliphatic heterocycles. The van der Waals surface area contributed by atoms with Crippen molar-refractivity contribution >= 4 is 10.8 Å². The molecule has 0 bridgehead atoms. The maximum Gasteiger partial charge on any atom is 0.0497 e. The number of hydrogen-bond acceptors (Lipinski definition) is 0. The van der Waals surface area contributed by atoms with Gasteiger partial charge in [-0.1, -0.05) is 96.6 Å². The minimum absolute atomic E-state index is 0.0991. The second-order valence-electron chi connectivity index (χ2n) is 7.14.